The quantitative estimate of drug-likeness (QED) is 0.661. The molecular weight excluding hydrogens is 200 g/mol. The second kappa shape index (κ2) is 8.13. The minimum Gasteiger partial charge on any atom is -0.494 e. The van der Waals surface area contributed by atoms with E-state index in [1.807, 2.05) is 31.3 Å². The lowest BCUT2D eigenvalue weighted by atomic mass is 10.2. The first-order valence-corrected chi connectivity index (χ1v) is 5.93. The monoisotopic (exact) mass is 222 g/mol. The maximum Gasteiger partial charge on any atom is 0.119 e. The van der Waals surface area contributed by atoms with Gasteiger partial charge in [0.1, 0.15) is 5.75 Å². The van der Waals surface area contributed by atoms with E-state index >= 15 is 0 Å². The number of ether oxygens (including phenoxy) is 1. The van der Waals surface area contributed by atoms with Crippen LogP contribution in [0, 0.1) is 0 Å². The van der Waals surface area contributed by atoms with Crippen LogP contribution in [-0.4, -0.2) is 20.2 Å². The average molecular weight is 222 g/mol. The molecule has 0 aliphatic heterocycles. The largest absolute Gasteiger partial charge is 0.494 e. The number of hydrogen-bond acceptors (Lipinski definition) is 3. The first-order chi connectivity index (χ1) is 7.86. The molecule has 90 valence electrons. The molecule has 0 aliphatic carbocycles. The summed E-state index contributed by atoms with van der Waals surface area (Å²) in [6.45, 7) is 2.44. The van der Waals surface area contributed by atoms with Gasteiger partial charge in [0.2, 0.25) is 0 Å². The number of benzene rings is 1. The number of rotatable bonds is 8. The highest BCUT2D eigenvalue weighted by Crippen LogP contribution is 2.13. The number of nitrogens with one attached hydrogen (secondary N) is 1. The Morgan fingerprint density at radius 2 is 2.12 bits per heavy atom. The van der Waals surface area contributed by atoms with Crippen LogP contribution in [-0.2, 0) is 6.54 Å². The van der Waals surface area contributed by atoms with Gasteiger partial charge in [0, 0.05) is 6.54 Å². The van der Waals surface area contributed by atoms with Gasteiger partial charge in [0.25, 0.3) is 0 Å². The van der Waals surface area contributed by atoms with Gasteiger partial charge >= 0.3 is 0 Å². The molecule has 0 fully saturated rings. The Morgan fingerprint density at radius 3 is 2.88 bits per heavy atom. The second-order valence-corrected chi connectivity index (χ2v) is 3.86. The Kier molecular flexibility index (Phi) is 6.61. The molecule has 0 atom stereocenters. The molecule has 3 heteroatoms. The summed E-state index contributed by atoms with van der Waals surface area (Å²) < 4.78 is 5.65. The zero-order chi connectivity index (χ0) is 11.6. The standard InChI is InChI=1S/C13H22N2O/c1-15-8-3-2-4-9-16-13-7-5-6-12(10-13)11-14/h5-7,10,15H,2-4,8-9,11,14H2,1H3. The van der Waals surface area contributed by atoms with E-state index in [0.717, 1.165) is 30.9 Å². The fraction of sp³-hybridized carbons (Fsp3) is 0.538. The molecule has 1 rings (SSSR count). The lowest BCUT2D eigenvalue weighted by Crippen LogP contribution is -2.08. The van der Waals surface area contributed by atoms with Crippen LogP contribution < -0.4 is 15.8 Å². The van der Waals surface area contributed by atoms with Crippen molar-refractivity contribution in [1.29, 1.82) is 0 Å². The van der Waals surface area contributed by atoms with Gasteiger partial charge in [0.15, 0.2) is 0 Å². The lowest BCUT2D eigenvalue weighted by Gasteiger charge is -2.07. The average Bonchev–Trinajstić information content (AvgIpc) is 2.34. The van der Waals surface area contributed by atoms with Gasteiger partial charge in [-0.3, -0.25) is 0 Å². The molecule has 0 aliphatic rings. The first kappa shape index (κ1) is 13.0. The predicted molar refractivity (Wildman–Crippen MR) is 67.6 cm³/mol. The van der Waals surface area contributed by atoms with E-state index in [4.69, 9.17) is 10.5 Å². The predicted octanol–water partition coefficient (Wildman–Crippen LogP) is 1.91. The third kappa shape index (κ3) is 5.14. The topological polar surface area (TPSA) is 47.3 Å². The molecule has 0 unspecified atom stereocenters. The van der Waals surface area contributed by atoms with Crippen molar-refractivity contribution in [2.24, 2.45) is 5.73 Å². The van der Waals surface area contributed by atoms with Crippen LogP contribution in [0.25, 0.3) is 0 Å². The summed E-state index contributed by atoms with van der Waals surface area (Å²) in [6, 6.07) is 7.98. The molecule has 0 bridgehead atoms. The Labute approximate surface area is 98.0 Å². The molecule has 0 amide bonds. The maximum absolute atomic E-state index is 5.65. The molecule has 0 aromatic heterocycles. The number of nitrogens with two attached hydrogens (primary N) is 1. The first-order valence-electron chi connectivity index (χ1n) is 5.93. The second-order valence-electron chi connectivity index (χ2n) is 3.86. The normalized spacial score (nSPS) is 10.4. The van der Waals surface area contributed by atoms with Crippen LogP contribution in [0.3, 0.4) is 0 Å². The van der Waals surface area contributed by atoms with Crippen molar-refractivity contribution >= 4 is 0 Å². The van der Waals surface area contributed by atoms with Crippen molar-refractivity contribution in [2.45, 2.75) is 25.8 Å². The summed E-state index contributed by atoms with van der Waals surface area (Å²) >= 11 is 0. The SMILES string of the molecule is CNCCCCCOc1cccc(CN)c1. The fourth-order valence-corrected chi connectivity index (χ4v) is 1.53. The highest BCUT2D eigenvalue weighted by Gasteiger charge is 1.95. The third-order valence-corrected chi connectivity index (χ3v) is 2.47. The molecule has 0 saturated heterocycles. The van der Waals surface area contributed by atoms with Crippen molar-refractivity contribution in [3.05, 3.63) is 29.8 Å². The van der Waals surface area contributed by atoms with Crippen LogP contribution in [0.1, 0.15) is 24.8 Å². The van der Waals surface area contributed by atoms with Gasteiger partial charge in [-0.15, -0.1) is 0 Å². The molecule has 0 radical (unpaired) electrons. The van der Waals surface area contributed by atoms with Crippen molar-refractivity contribution in [3.8, 4) is 5.75 Å². The summed E-state index contributed by atoms with van der Waals surface area (Å²) in [7, 11) is 1.98. The van der Waals surface area contributed by atoms with E-state index in [9.17, 15) is 0 Å². The summed E-state index contributed by atoms with van der Waals surface area (Å²) in [5.41, 5.74) is 6.68. The van der Waals surface area contributed by atoms with E-state index < -0.39 is 0 Å². The smallest absolute Gasteiger partial charge is 0.119 e. The minimum atomic E-state index is 0.569. The summed E-state index contributed by atoms with van der Waals surface area (Å²) in [5.74, 6) is 0.927. The molecule has 1 aromatic carbocycles. The molecule has 1 aromatic rings. The summed E-state index contributed by atoms with van der Waals surface area (Å²) in [6.07, 6.45) is 3.52. The third-order valence-electron chi connectivity index (χ3n) is 2.47. The van der Waals surface area contributed by atoms with Crippen molar-refractivity contribution in [3.63, 3.8) is 0 Å². The van der Waals surface area contributed by atoms with Crippen LogP contribution >= 0.6 is 0 Å². The van der Waals surface area contributed by atoms with Crippen molar-refractivity contribution < 1.29 is 4.74 Å². The molecular formula is C13H22N2O. The summed E-state index contributed by atoms with van der Waals surface area (Å²) in [5, 5.41) is 3.14. The molecule has 0 spiro atoms. The minimum absolute atomic E-state index is 0.569. The Bertz CT molecular complexity index is 289. The van der Waals surface area contributed by atoms with E-state index in [1.165, 1.54) is 12.8 Å². The van der Waals surface area contributed by atoms with Crippen molar-refractivity contribution in [1.82, 2.24) is 5.32 Å². The highest BCUT2D eigenvalue weighted by molar-refractivity contribution is 5.28. The molecule has 0 saturated carbocycles. The van der Waals surface area contributed by atoms with Crippen LogP contribution in [0.15, 0.2) is 24.3 Å². The van der Waals surface area contributed by atoms with Gasteiger partial charge in [-0.1, -0.05) is 12.1 Å². The zero-order valence-electron chi connectivity index (χ0n) is 10.0. The van der Waals surface area contributed by atoms with E-state index in [-0.39, 0.29) is 0 Å². The van der Waals surface area contributed by atoms with Gasteiger partial charge in [0.05, 0.1) is 6.61 Å². The molecule has 0 heterocycles. The molecule has 16 heavy (non-hydrogen) atoms. The van der Waals surface area contributed by atoms with E-state index in [2.05, 4.69) is 5.32 Å². The van der Waals surface area contributed by atoms with E-state index in [0.29, 0.717) is 6.54 Å². The zero-order valence-corrected chi connectivity index (χ0v) is 10.0. The lowest BCUT2D eigenvalue weighted by molar-refractivity contribution is 0.305. The van der Waals surface area contributed by atoms with Gasteiger partial charge in [-0.05, 0) is 50.6 Å². The van der Waals surface area contributed by atoms with Gasteiger partial charge in [-0.25, -0.2) is 0 Å². The Hall–Kier alpha value is -1.06. The fourth-order valence-electron chi connectivity index (χ4n) is 1.53. The maximum atomic E-state index is 5.65. The van der Waals surface area contributed by atoms with Crippen LogP contribution in [0.5, 0.6) is 5.75 Å². The number of hydrogen-bond donors (Lipinski definition) is 2. The van der Waals surface area contributed by atoms with Gasteiger partial charge in [-0.2, -0.15) is 0 Å². The Balaban J connectivity index is 2.16. The van der Waals surface area contributed by atoms with Crippen LogP contribution in [0.2, 0.25) is 0 Å². The highest BCUT2D eigenvalue weighted by atomic mass is 16.5. The van der Waals surface area contributed by atoms with Crippen LogP contribution in [0.4, 0.5) is 0 Å². The summed E-state index contributed by atoms with van der Waals surface area (Å²) in [4.78, 5) is 0. The van der Waals surface area contributed by atoms with Crippen molar-refractivity contribution in [2.75, 3.05) is 20.2 Å². The molecule has 3 N–H and O–H groups in total. The van der Waals surface area contributed by atoms with E-state index in [1.54, 1.807) is 0 Å². The van der Waals surface area contributed by atoms with Gasteiger partial charge < -0.3 is 15.8 Å². The number of unbranched alkanes of at least 4 members (excludes halogenated alkanes) is 2. The Morgan fingerprint density at radius 1 is 1.25 bits per heavy atom. The molecule has 3 nitrogen and oxygen atoms in total.